The van der Waals surface area contributed by atoms with Gasteiger partial charge in [0, 0.05) is 24.8 Å². The third-order valence-electron chi connectivity index (χ3n) is 3.11. The van der Waals surface area contributed by atoms with Crippen molar-refractivity contribution in [3.8, 4) is 0 Å². The van der Waals surface area contributed by atoms with Crippen LogP contribution in [0.1, 0.15) is 19.8 Å². The molecule has 1 aliphatic rings. The smallest absolute Gasteiger partial charge is 0.311 e. The third-order valence-corrected chi connectivity index (χ3v) is 3.11. The number of anilines is 2. The van der Waals surface area contributed by atoms with Gasteiger partial charge in [-0.3, -0.25) is 10.1 Å². The molecule has 1 aromatic heterocycles. The van der Waals surface area contributed by atoms with Gasteiger partial charge in [-0.2, -0.15) is 0 Å². The fraction of sp³-hybridized carbons (Fsp3) is 0.545. The van der Waals surface area contributed by atoms with Crippen molar-refractivity contribution in [2.45, 2.75) is 25.3 Å². The van der Waals surface area contributed by atoms with Gasteiger partial charge in [0.1, 0.15) is 5.82 Å². The molecule has 0 radical (unpaired) electrons. The number of hydrogen-bond acceptors (Lipinski definition) is 6. The van der Waals surface area contributed by atoms with Gasteiger partial charge < -0.3 is 15.8 Å². The van der Waals surface area contributed by atoms with Crippen molar-refractivity contribution in [2.24, 2.45) is 0 Å². The molecule has 0 aromatic carbocycles. The van der Waals surface area contributed by atoms with E-state index in [-0.39, 0.29) is 22.9 Å². The molecule has 2 heterocycles. The molecule has 0 saturated carbocycles. The number of pyridine rings is 1. The van der Waals surface area contributed by atoms with E-state index in [2.05, 4.69) is 10.3 Å². The van der Waals surface area contributed by atoms with Gasteiger partial charge in [-0.1, -0.05) is 0 Å². The summed E-state index contributed by atoms with van der Waals surface area (Å²) in [4.78, 5) is 14.5. The van der Waals surface area contributed by atoms with Crippen LogP contribution in [0, 0.1) is 10.1 Å². The number of nitrogens with zero attached hydrogens (tertiary/aromatic N) is 2. The van der Waals surface area contributed by atoms with Crippen molar-refractivity contribution in [3.63, 3.8) is 0 Å². The molecule has 2 rings (SSSR count). The maximum atomic E-state index is 10.9. The van der Waals surface area contributed by atoms with E-state index in [1.54, 1.807) is 0 Å². The van der Waals surface area contributed by atoms with Crippen LogP contribution in [0.15, 0.2) is 12.1 Å². The molecule has 7 nitrogen and oxygen atoms in total. The number of nitrogen functional groups attached to an aromatic ring is 1. The van der Waals surface area contributed by atoms with Crippen LogP contribution in [0.4, 0.5) is 17.3 Å². The lowest BCUT2D eigenvalue weighted by atomic mass is 9.92. The standard InChI is InChI=1S/C11H16N4O3/c1-11(4-6-18-7-5-11)14-10-8(15(16)17)2-3-9(12)13-10/h2-3H,4-7H2,1H3,(H3,12,13,14). The lowest BCUT2D eigenvalue weighted by molar-refractivity contribution is -0.384. The number of nitro groups is 1. The van der Waals surface area contributed by atoms with Gasteiger partial charge in [-0.25, -0.2) is 4.98 Å². The monoisotopic (exact) mass is 252 g/mol. The molecule has 98 valence electrons. The van der Waals surface area contributed by atoms with Gasteiger partial charge in [0.25, 0.3) is 0 Å². The highest BCUT2D eigenvalue weighted by atomic mass is 16.6. The Morgan fingerprint density at radius 1 is 1.50 bits per heavy atom. The normalized spacial score (nSPS) is 18.3. The lowest BCUT2D eigenvalue weighted by Crippen LogP contribution is -2.41. The van der Waals surface area contributed by atoms with Crippen molar-refractivity contribution in [2.75, 3.05) is 24.3 Å². The van der Waals surface area contributed by atoms with E-state index in [1.807, 2.05) is 6.92 Å². The minimum absolute atomic E-state index is 0.0584. The van der Waals surface area contributed by atoms with Gasteiger partial charge >= 0.3 is 5.69 Å². The van der Waals surface area contributed by atoms with E-state index in [0.717, 1.165) is 12.8 Å². The predicted molar refractivity (Wildman–Crippen MR) is 67.4 cm³/mol. The fourth-order valence-corrected chi connectivity index (χ4v) is 1.94. The Hall–Kier alpha value is -1.89. The quantitative estimate of drug-likeness (QED) is 0.625. The fourth-order valence-electron chi connectivity index (χ4n) is 1.94. The first-order chi connectivity index (χ1) is 8.50. The second-order valence-corrected chi connectivity index (χ2v) is 4.66. The Morgan fingerprint density at radius 3 is 2.78 bits per heavy atom. The molecule has 0 aliphatic carbocycles. The van der Waals surface area contributed by atoms with E-state index in [9.17, 15) is 10.1 Å². The zero-order valence-corrected chi connectivity index (χ0v) is 10.2. The molecule has 0 unspecified atom stereocenters. The molecule has 0 bridgehead atoms. The molecule has 1 fully saturated rings. The molecule has 18 heavy (non-hydrogen) atoms. The van der Waals surface area contributed by atoms with Crippen molar-refractivity contribution in [1.82, 2.24) is 4.98 Å². The molecule has 1 saturated heterocycles. The Morgan fingerprint density at radius 2 is 2.17 bits per heavy atom. The molecule has 0 spiro atoms. The zero-order chi connectivity index (χ0) is 13.2. The summed E-state index contributed by atoms with van der Waals surface area (Å²) in [5.74, 6) is 0.489. The Kier molecular flexibility index (Phi) is 3.33. The van der Waals surface area contributed by atoms with Crippen molar-refractivity contribution in [1.29, 1.82) is 0 Å². The second kappa shape index (κ2) is 4.77. The summed E-state index contributed by atoms with van der Waals surface area (Å²) in [6.07, 6.45) is 1.56. The Bertz CT molecular complexity index is 458. The molecule has 7 heteroatoms. The number of rotatable bonds is 3. The predicted octanol–water partition coefficient (Wildman–Crippen LogP) is 1.55. The van der Waals surface area contributed by atoms with Crippen LogP contribution in [0.5, 0.6) is 0 Å². The van der Waals surface area contributed by atoms with Gasteiger partial charge in [-0.05, 0) is 25.8 Å². The summed E-state index contributed by atoms with van der Waals surface area (Å²) in [5.41, 5.74) is 5.27. The van der Waals surface area contributed by atoms with E-state index in [4.69, 9.17) is 10.5 Å². The topological polar surface area (TPSA) is 103 Å². The van der Waals surface area contributed by atoms with Crippen LogP contribution in [-0.2, 0) is 4.74 Å². The van der Waals surface area contributed by atoms with Crippen molar-refractivity contribution >= 4 is 17.3 Å². The van der Waals surface area contributed by atoms with E-state index in [0.29, 0.717) is 13.2 Å². The average molecular weight is 252 g/mol. The SMILES string of the molecule is CC1(Nc2nc(N)ccc2[N+](=O)[O-])CCOCC1. The molecular formula is C11H16N4O3. The molecular weight excluding hydrogens is 236 g/mol. The molecule has 0 atom stereocenters. The van der Waals surface area contributed by atoms with Gasteiger partial charge in [-0.15, -0.1) is 0 Å². The molecule has 0 amide bonds. The van der Waals surface area contributed by atoms with Crippen LogP contribution >= 0.6 is 0 Å². The second-order valence-electron chi connectivity index (χ2n) is 4.66. The van der Waals surface area contributed by atoms with Crippen LogP contribution in [0.25, 0.3) is 0 Å². The van der Waals surface area contributed by atoms with Gasteiger partial charge in [0.2, 0.25) is 5.82 Å². The summed E-state index contributed by atoms with van der Waals surface area (Å²) >= 11 is 0. The highest BCUT2D eigenvalue weighted by Crippen LogP contribution is 2.30. The average Bonchev–Trinajstić information content (AvgIpc) is 2.28. The number of hydrogen-bond donors (Lipinski definition) is 2. The first-order valence-electron chi connectivity index (χ1n) is 5.77. The Labute approximate surface area is 104 Å². The molecule has 3 N–H and O–H groups in total. The minimum Gasteiger partial charge on any atom is -0.384 e. The van der Waals surface area contributed by atoms with Gasteiger partial charge in [0.05, 0.1) is 4.92 Å². The van der Waals surface area contributed by atoms with E-state index >= 15 is 0 Å². The molecule has 1 aliphatic heterocycles. The lowest BCUT2D eigenvalue weighted by Gasteiger charge is -2.34. The first-order valence-corrected chi connectivity index (χ1v) is 5.77. The largest absolute Gasteiger partial charge is 0.384 e. The van der Waals surface area contributed by atoms with Crippen LogP contribution in [0.3, 0.4) is 0 Å². The first kappa shape index (κ1) is 12.6. The maximum absolute atomic E-state index is 10.9. The van der Waals surface area contributed by atoms with E-state index in [1.165, 1.54) is 12.1 Å². The van der Waals surface area contributed by atoms with Crippen molar-refractivity contribution < 1.29 is 9.66 Å². The van der Waals surface area contributed by atoms with Crippen molar-refractivity contribution in [3.05, 3.63) is 22.2 Å². The third kappa shape index (κ3) is 2.67. The summed E-state index contributed by atoms with van der Waals surface area (Å²) in [7, 11) is 0. The number of nitrogens with one attached hydrogen (secondary N) is 1. The number of aromatic nitrogens is 1. The van der Waals surface area contributed by atoms with Crippen LogP contribution in [0.2, 0.25) is 0 Å². The van der Waals surface area contributed by atoms with Crippen LogP contribution in [-0.4, -0.2) is 28.7 Å². The number of ether oxygens (including phenoxy) is 1. The summed E-state index contributed by atoms with van der Waals surface area (Å²) in [6, 6.07) is 2.79. The maximum Gasteiger partial charge on any atom is 0.311 e. The Balaban J connectivity index is 2.26. The highest BCUT2D eigenvalue weighted by Gasteiger charge is 2.30. The summed E-state index contributed by atoms with van der Waals surface area (Å²) in [6.45, 7) is 3.28. The summed E-state index contributed by atoms with van der Waals surface area (Å²) < 4.78 is 5.29. The zero-order valence-electron chi connectivity index (χ0n) is 10.2. The minimum atomic E-state index is -0.461. The van der Waals surface area contributed by atoms with Gasteiger partial charge in [0.15, 0.2) is 0 Å². The van der Waals surface area contributed by atoms with Crippen LogP contribution < -0.4 is 11.1 Å². The number of nitrogens with two attached hydrogens (primary N) is 1. The molecule has 1 aromatic rings. The highest BCUT2D eigenvalue weighted by molar-refractivity contribution is 5.60. The summed E-state index contributed by atoms with van der Waals surface area (Å²) in [5, 5.41) is 14.1. The van der Waals surface area contributed by atoms with E-state index < -0.39 is 4.92 Å².